The summed E-state index contributed by atoms with van der Waals surface area (Å²) in [5.41, 5.74) is 1.51. The smallest absolute Gasteiger partial charge is 0.189 e. The standard InChI is InChI=1S/C21H28O2S/c1-12-10-14-15-4-5-17(19(23)24)20(15,2)9-7-16(14)21(3)8-6-13(22)11-18(12)21/h6,8,11-12,14-17H,4-5,7,9-10H2,1-3H3,(H,23,24)/t12?,14-,15-,16-,17+,20-,21+/m0/s1. The summed E-state index contributed by atoms with van der Waals surface area (Å²) in [5.74, 6) is 2.64. The highest BCUT2D eigenvalue weighted by molar-refractivity contribution is 7.96. The van der Waals surface area contributed by atoms with Gasteiger partial charge >= 0.3 is 0 Å². The molecule has 3 heteroatoms. The molecule has 0 spiro atoms. The molecule has 7 atom stereocenters. The number of carbonyl (C=O) groups is 2. The minimum Gasteiger partial charge on any atom is -0.290 e. The maximum Gasteiger partial charge on any atom is 0.189 e. The summed E-state index contributed by atoms with van der Waals surface area (Å²) in [5, 5.41) is 0.0947. The zero-order valence-electron chi connectivity index (χ0n) is 14.9. The molecule has 0 heterocycles. The molecule has 0 amide bonds. The van der Waals surface area contributed by atoms with E-state index >= 15 is 0 Å². The molecule has 0 aliphatic heterocycles. The van der Waals surface area contributed by atoms with Gasteiger partial charge in [0.25, 0.3) is 0 Å². The van der Waals surface area contributed by atoms with Gasteiger partial charge in [0.05, 0.1) is 0 Å². The van der Waals surface area contributed by atoms with Gasteiger partial charge in [-0.1, -0.05) is 32.4 Å². The van der Waals surface area contributed by atoms with Crippen molar-refractivity contribution in [3.8, 4) is 0 Å². The van der Waals surface area contributed by atoms with Crippen LogP contribution in [0.3, 0.4) is 0 Å². The van der Waals surface area contributed by atoms with Crippen LogP contribution >= 0.6 is 12.6 Å². The molecule has 0 saturated heterocycles. The predicted octanol–water partition coefficient (Wildman–Crippen LogP) is 4.61. The highest BCUT2D eigenvalue weighted by Crippen LogP contribution is 2.66. The summed E-state index contributed by atoms with van der Waals surface area (Å²) < 4.78 is 0. The molecular weight excluding hydrogens is 316 g/mol. The Balaban J connectivity index is 1.72. The molecule has 3 fully saturated rings. The second kappa shape index (κ2) is 5.33. The van der Waals surface area contributed by atoms with Crippen molar-refractivity contribution < 1.29 is 9.59 Å². The minimum atomic E-state index is 0.0284. The summed E-state index contributed by atoms with van der Waals surface area (Å²) in [4.78, 5) is 24.0. The summed E-state index contributed by atoms with van der Waals surface area (Å²) in [6.07, 6.45) is 11.5. The molecule has 0 radical (unpaired) electrons. The maximum absolute atomic E-state index is 12.1. The lowest BCUT2D eigenvalue weighted by Crippen LogP contribution is -2.51. The zero-order valence-corrected chi connectivity index (χ0v) is 15.8. The Morgan fingerprint density at radius 2 is 1.96 bits per heavy atom. The zero-order chi connectivity index (χ0) is 17.3. The molecule has 24 heavy (non-hydrogen) atoms. The molecule has 4 aliphatic carbocycles. The SMILES string of the molecule is CC1C[C@H]2[C@@H]3CC[C@H](C(=O)S)[C@@]3(C)CC[C@@H]2[C@@]2(C)C=CC(=O)C=C12. The number of fused-ring (bicyclic) bond motifs is 5. The largest absolute Gasteiger partial charge is 0.290 e. The molecule has 130 valence electrons. The number of hydrogen-bond acceptors (Lipinski definition) is 2. The minimum absolute atomic E-state index is 0.0284. The van der Waals surface area contributed by atoms with Crippen molar-refractivity contribution >= 4 is 23.5 Å². The second-order valence-electron chi connectivity index (χ2n) is 9.14. The summed E-state index contributed by atoms with van der Waals surface area (Å²) in [7, 11) is 0. The van der Waals surface area contributed by atoms with Gasteiger partial charge in [-0.2, -0.15) is 0 Å². The van der Waals surface area contributed by atoms with E-state index < -0.39 is 0 Å². The van der Waals surface area contributed by atoms with Crippen LogP contribution in [-0.4, -0.2) is 10.9 Å². The van der Waals surface area contributed by atoms with Crippen LogP contribution in [-0.2, 0) is 9.59 Å². The summed E-state index contributed by atoms with van der Waals surface area (Å²) in [6, 6.07) is 0. The van der Waals surface area contributed by atoms with E-state index in [1.807, 2.05) is 6.08 Å². The average molecular weight is 345 g/mol. The van der Waals surface area contributed by atoms with Crippen molar-refractivity contribution in [1.29, 1.82) is 0 Å². The van der Waals surface area contributed by atoms with Gasteiger partial charge in [-0.3, -0.25) is 9.59 Å². The van der Waals surface area contributed by atoms with Crippen LogP contribution in [0.2, 0.25) is 0 Å². The Bertz CT molecular complexity index is 663. The van der Waals surface area contributed by atoms with E-state index in [9.17, 15) is 9.59 Å². The molecule has 0 aromatic carbocycles. The monoisotopic (exact) mass is 344 g/mol. The Kier molecular flexibility index (Phi) is 3.69. The fourth-order valence-electron chi connectivity index (χ4n) is 7.02. The van der Waals surface area contributed by atoms with Gasteiger partial charge in [-0.05, 0) is 73.3 Å². The van der Waals surface area contributed by atoms with Gasteiger partial charge in [0.2, 0.25) is 0 Å². The van der Waals surface area contributed by atoms with Crippen LogP contribution in [0.4, 0.5) is 0 Å². The predicted molar refractivity (Wildman–Crippen MR) is 98.6 cm³/mol. The van der Waals surface area contributed by atoms with E-state index in [2.05, 4.69) is 39.5 Å². The number of hydrogen-bond donors (Lipinski definition) is 1. The third-order valence-electron chi connectivity index (χ3n) is 8.18. The lowest BCUT2D eigenvalue weighted by Gasteiger charge is -2.58. The molecule has 0 bridgehead atoms. The Morgan fingerprint density at radius 1 is 1.21 bits per heavy atom. The van der Waals surface area contributed by atoms with Crippen LogP contribution in [0, 0.1) is 40.4 Å². The Morgan fingerprint density at radius 3 is 2.67 bits per heavy atom. The first-order chi connectivity index (χ1) is 11.3. The van der Waals surface area contributed by atoms with Gasteiger partial charge in [-0.25, -0.2) is 0 Å². The van der Waals surface area contributed by atoms with E-state index in [0.29, 0.717) is 23.7 Å². The van der Waals surface area contributed by atoms with Gasteiger partial charge in [0.15, 0.2) is 10.9 Å². The fraction of sp³-hybridized carbons (Fsp3) is 0.714. The number of rotatable bonds is 1. The van der Waals surface area contributed by atoms with Crippen LogP contribution in [0.1, 0.15) is 52.9 Å². The normalized spacial score (nSPS) is 49.9. The quantitative estimate of drug-likeness (QED) is 0.705. The van der Waals surface area contributed by atoms with E-state index in [-0.39, 0.29) is 27.6 Å². The van der Waals surface area contributed by atoms with Crippen LogP contribution in [0.15, 0.2) is 23.8 Å². The number of allylic oxidation sites excluding steroid dienone is 4. The van der Waals surface area contributed by atoms with E-state index in [1.54, 1.807) is 6.08 Å². The first-order valence-corrected chi connectivity index (χ1v) is 9.90. The van der Waals surface area contributed by atoms with Crippen molar-refractivity contribution in [3.05, 3.63) is 23.8 Å². The third-order valence-corrected chi connectivity index (χ3v) is 8.49. The van der Waals surface area contributed by atoms with Crippen molar-refractivity contribution in [3.63, 3.8) is 0 Å². The van der Waals surface area contributed by atoms with E-state index in [4.69, 9.17) is 0 Å². The molecule has 1 unspecified atom stereocenters. The van der Waals surface area contributed by atoms with E-state index in [0.717, 1.165) is 19.3 Å². The topological polar surface area (TPSA) is 34.1 Å². The van der Waals surface area contributed by atoms with Crippen molar-refractivity contribution in [2.24, 2.45) is 40.4 Å². The van der Waals surface area contributed by atoms with Crippen molar-refractivity contribution in [2.75, 3.05) is 0 Å². The highest BCUT2D eigenvalue weighted by atomic mass is 32.1. The van der Waals surface area contributed by atoms with Crippen LogP contribution in [0.25, 0.3) is 0 Å². The van der Waals surface area contributed by atoms with Gasteiger partial charge in [-0.15, -0.1) is 12.6 Å². The van der Waals surface area contributed by atoms with Gasteiger partial charge < -0.3 is 0 Å². The molecule has 0 N–H and O–H groups in total. The molecular formula is C21H28O2S. The highest BCUT2D eigenvalue weighted by Gasteiger charge is 2.60. The van der Waals surface area contributed by atoms with Crippen molar-refractivity contribution in [1.82, 2.24) is 0 Å². The fourth-order valence-corrected chi connectivity index (χ4v) is 7.44. The first-order valence-electron chi connectivity index (χ1n) is 9.45. The third kappa shape index (κ3) is 2.09. The van der Waals surface area contributed by atoms with Crippen molar-refractivity contribution in [2.45, 2.75) is 52.9 Å². The van der Waals surface area contributed by atoms with Gasteiger partial charge in [0, 0.05) is 11.3 Å². The Labute approximate surface area is 150 Å². The average Bonchev–Trinajstić information content (AvgIpc) is 2.87. The molecule has 4 rings (SSSR count). The van der Waals surface area contributed by atoms with Gasteiger partial charge in [0.1, 0.15) is 0 Å². The number of carbonyl (C=O) groups excluding carboxylic acids is 2. The van der Waals surface area contributed by atoms with E-state index in [1.165, 1.54) is 18.4 Å². The second-order valence-corrected chi connectivity index (χ2v) is 9.59. The summed E-state index contributed by atoms with van der Waals surface area (Å²) >= 11 is 4.20. The molecule has 2 nitrogen and oxygen atoms in total. The Hall–Kier alpha value is -0.830. The van der Waals surface area contributed by atoms with Crippen LogP contribution < -0.4 is 0 Å². The summed E-state index contributed by atoms with van der Waals surface area (Å²) in [6.45, 7) is 6.97. The lowest BCUT2D eigenvalue weighted by atomic mass is 9.46. The molecule has 0 aromatic rings. The van der Waals surface area contributed by atoms with Crippen LogP contribution in [0.5, 0.6) is 0 Å². The number of thiol groups is 1. The number of ketones is 1. The maximum atomic E-state index is 12.1. The molecule has 4 aliphatic rings. The first kappa shape index (κ1) is 16.6. The lowest BCUT2D eigenvalue weighted by molar-refractivity contribution is -0.121. The molecule has 3 saturated carbocycles. The molecule has 0 aromatic heterocycles.